The summed E-state index contributed by atoms with van der Waals surface area (Å²) >= 11 is 0. The van der Waals surface area contributed by atoms with Crippen LogP contribution in [0.3, 0.4) is 0 Å². The molecule has 0 radical (unpaired) electrons. The fourth-order valence-electron chi connectivity index (χ4n) is 2.49. The highest BCUT2D eigenvalue weighted by molar-refractivity contribution is 5.82. The predicted molar refractivity (Wildman–Crippen MR) is 79.1 cm³/mol. The number of carbonyl (C=O) groups excluding carboxylic acids is 3. The second kappa shape index (κ2) is 7.62. The van der Waals surface area contributed by atoms with Crippen LogP contribution >= 0.6 is 0 Å². The molecule has 1 aliphatic rings. The molecule has 0 spiro atoms. The zero-order valence-electron chi connectivity index (χ0n) is 13.1. The SMILES string of the molecule is COC(=O)[C@@H]1CC[C@H](OC(C)=O)N1C(=O)OCc1ccccc1. The van der Waals surface area contributed by atoms with Crippen molar-refractivity contribution in [3.8, 4) is 0 Å². The Kier molecular flexibility index (Phi) is 5.56. The molecule has 1 fully saturated rings. The van der Waals surface area contributed by atoms with Gasteiger partial charge in [0.2, 0.25) is 0 Å². The molecular weight excluding hydrogens is 302 g/mol. The second-order valence-electron chi connectivity index (χ2n) is 5.13. The number of ether oxygens (including phenoxy) is 3. The van der Waals surface area contributed by atoms with Crippen LogP contribution in [0.1, 0.15) is 25.3 Å². The van der Waals surface area contributed by atoms with Crippen molar-refractivity contribution < 1.29 is 28.6 Å². The number of esters is 2. The van der Waals surface area contributed by atoms with Gasteiger partial charge in [0.15, 0.2) is 6.23 Å². The number of benzene rings is 1. The minimum absolute atomic E-state index is 0.0663. The zero-order chi connectivity index (χ0) is 16.8. The largest absolute Gasteiger partial charge is 0.467 e. The minimum atomic E-state index is -0.820. The summed E-state index contributed by atoms with van der Waals surface area (Å²) in [6.07, 6.45) is -0.821. The Morgan fingerprint density at radius 2 is 1.87 bits per heavy atom. The maximum absolute atomic E-state index is 12.3. The van der Waals surface area contributed by atoms with E-state index in [1.807, 2.05) is 30.3 Å². The van der Waals surface area contributed by atoms with Gasteiger partial charge in [-0.2, -0.15) is 0 Å². The van der Waals surface area contributed by atoms with E-state index in [-0.39, 0.29) is 6.61 Å². The van der Waals surface area contributed by atoms with Crippen LogP contribution in [0.15, 0.2) is 30.3 Å². The first-order valence-electron chi connectivity index (χ1n) is 7.27. The summed E-state index contributed by atoms with van der Waals surface area (Å²) in [7, 11) is 1.25. The van der Waals surface area contributed by atoms with Gasteiger partial charge in [-0.05, 0) is 12.0 Å². The Bertz CT molecular complexity index is 573. The lowest BCUT2D eigenvalue weighted by atomic mass is 10.2. The molecule has 2 atom stereocenters. The minimum Gasteiger partial charge on any atom is -0.467 e. The van der Waals surface area contributed by atoms with Crippen LogP contribution in [0, 0.1) is 0 Å². The number of methoxy groups -OCH3 is 1. The first kappa shape index (κ1) is 16.8. The van der Waals surface area contributed by atoms with Crippen LogP contribution in [0.5, 0.6) is 0 Å². The van der Waals surface area contributed by atoms with Crippen molar-refractivity contribution in [3.63, 3.8) is 0 Å². The third-order valence-electron chi connectivity index (χ3n) is 3.52. The van der Waals surface area contributed by atoms with Crippen molar-refractivity contribution in [1.82, 2.24) is 4.90 Å². The Hall–Kier alpha value is -2.57. The number of nitrogens with zero attached hydrogens (tertiary/aromatic N) is 1. The van der Waals surface area contributed by atoms with E-state index in [4.69, 9.17) is 14.2 Å². The second-order valence-corrected chi connectivity index (χ2v) is 5.13. The van der Waals surface area contributed by atoms with E-state index in [2.05, 4.69) is 0 Å². The molecule has 7 heteroatoms. The standard InChI is InChI=1S/C16H19NO6/c1-11(18)23-14-9-8-13(15(19)21-2)17(14)16(20)22-10-12-6-4-3-5-7-12/h3-7,13-14H,8-10H2,1-2H3/t13-,14-/m0/s1. The van der Waals surface area contributed by atoms with Crippen molar-refractivity contribution >= 4 is 18.0 Å². The topological polar surface area (TPSA) is 82.1 Å². The monoisotopic (exact) mass is 321 g/mol. The van der Waals surface area contributed by atoms with Crippen LogP contribution in [0.2, 0.25) is 0 Å². The van der Waals surface area contributed by atoms with Crippen LogP contribution in [0.4, 0.5) is 4.79 Å². The molecule has 0 N–H and O–H groups in total. The van der Waals surface area contributed by atoms with Crippen LogP contribution < -0.4 is 0 Å². The highest BCUT2D eigenvalue weighted by Gasteiger charge is 2.44. The highest BCUT2D eigenvalue weighted by Crippen LogP contribution is 2.27. The van der Waals surface area contributed by atoms with E-state index in [1.165, 1.54) is 14.0 Å². The average Bonchev–Trinajstić information content (AvgIpc) is 2.95. The Labute approximate surface area is 134 Å². The molecule has 124 valence electrons. The van der Waals surface area contributed by atoms with E-state index in [0.717, 1.165) is 10.5 Å². The predicted octanol–water partition coefficient (Wildman–Crippen LogP) is 1.85. The molecule has 0 aromatic heterocycles. The zero-order valence-corrected chi connectivity index (χ0v) is 13.1. The summed E-state index contributed by atoms with van der Waals surface area (Å²) < 4.78 is 15.0. The molecule has 7 nitrogen and oxygen atoms in total. The molecule has 1 aromatic rings. The van der Waals surface area contributed by atoms with Crippen molar-refractivity contribution in [2.75, 3.05) is 7.11 Å². The Morgan fingerprint density at radius 3 is 2.48 bits per heavy atom. The molecule has 23 heavy (non-hydrogen) atoms. The van der Waals surface area contributed by atoms with Gasteiger partial charge in [-0.3, -0.25) is 9.69 Å². The molecule has 1 aliphatic heterocycles. The van der Waals surface area contributed by atoms with Crippen molar-refractivity contribution in [3.05, 3.63) is 35.9 Å². The van der Waals surface area contributed by atoms with E-state index in [0.29, 0.717) is 12.8 Å². The van der Waals surface area contributed by atoms with Crippen LogP contribution in [-0.4, -0.2) is 42.3 Å². The normalized spacial score (nSPS) is 20.0. The smallest absolute Gasteiger partial charge is 0.413 e. The molecule has 0 saturated carbocycles. The first-order valence-corrected chi connectivity index (χ1v) is 7.27. The van der Waals surface area contributed by atoms with E-state index in [1.54, 1.807) is 0 Å². The lowest BCUT2D eigenvalue weighted by Crippen LogP contribution is -2.47. The molecule has 1 heterocycles. The van der Waals surface area contributed by atoms with Gasteiger partial charge < -0.3 is 14.2 Å². The van der Waals surface area contributed by atoms with Crippen molar-refractivity contribution in [2.45, 2.75) is 38.6 Å². The Morgan fingerprint density at radius 1 is 1.17 bits per heavy atom. The Balaban J connectivity index is 2.07. The molecule has 1 amide bonds. The number of hydrogen-bond acceptors (Lipinski definition) is 6. The molecule has 1 saturated heterocycles. The summed E-state index contributed by atoms with van der Waals surface area (Å²) in [5.41, 5.74) is 0.818. The fourth-order valence-corrected chi connectivity index (χ4v) is 2.49. The maximum atomic E-state index is 12.3. The third-order valence-corrected chi connectivity index (χ3v) is 3.52. The number of likely N-dealkylation sites (tertiary alicyclic amines) is 1. The van der Waals surface area contributed by atoms with Gasteiger partial charge in [-0.15, -0.1) is 0 Å². The number of rotatable bonds is 4. The van der Waals surface area contributed by atoms with Gasteiger partial charge in [-0.25, -0.2) is 9.59 Å². The van der Waals surface area contributed by atoms with Crippen LogP contribution in [-0.2, 0) is 30.4 Å². The van der Waals surface area contributed by atoms with Gasteiger partial charge in [0.1, 0.15) is 12.6 Å². The summed E-state index contributed by atoms with van der Waals surface area (Å²) in [5, 5.41) is 0. The molecule has 2 rings (SSSR count). The summed E-state index contributed by atoms with van der Waals surface area (Å²) in [6.45, 7) is 1.32. The maximum Gasteiger partial charge on any atom is 0.413 e. The van der Waals surface area contributed by atoms with Crippen molar-refractivity contribution in [1.29, 1.82) is 0 Å². The van der Waals surface area contributed by atoms with Crippen molar-refractivity contribution in [2.24, 2.45) is 0 Å². The summed E-state index contributed by atoms with van der Waals surface area (Å²) in [6, 6.07) is 8.34. The third kappa shape index (κ3) is 4.21. The fraction of sp³-hybridized carbons (Fsp3) is 0.438. The van der Waals surface area contributed by atoms with Gasteiger partial charge in [0.25, 0.3) is 0 Å². The summed E-state index contributed by atoms with van der Waals surface area (Å²) in [4.78, 5) is 36.5. The molecule has 1 aromatic carbocycles. The molecule has 0 unspecified atom stereocenters. The lowest BCUT2D eigenvalue weighted by molar-refractivity contribution is -0.158. The van der Waals surface area contributed by atoms with E-state index >= 15 is 0 Å². The molecule has 0 bridgehead atoms. The van der Waals surface area contributed by atoms with Gasteiger partial charge in [0, 0.05) is 13.3 Å². The van der Waals surface area contributed by atoms with Gasteiger partial charge >= 0.3 is 18.0 Å². The van der Waals surface area contributed by atoms with Crippen LogP contribution in [0.25, 0.3) is 0 Å². The number of carbonyl (C=O) groups is 3. The van der Waals surface area contributed by atoms with Gasteiger partial charge in [-0.1, -0.05) is 30.3 Å². The van der Waals surface area contributed by atoms with Gasteiger partial charge in [0.05, 0.1) is 7.11 Å². The average molecular weight is 321 g/mol. The lowest BCUT2D eigenvalue weighted by Gasteiger charge is -2.27. The quantitative estimate of drug-likeness (QED) is 0.622. The number of hydrogen-bond donors (Lipinski definition) is 0. The van der Waals surface area contributed by atoms with E-state index in [9.17, 15) is 14.4 Å². The number of amides is 1. The summed E-state index contributed by atoms with van der Waals surface area (Å²) in [5.74, 6) is -1.09. The van der Waals surface area contributed by atoms with E-state index < -0.39 is 30.3 Å². The highest BCUT2D eigenvalue weighted by atomic mass is 16.6. The molecular formula is C16H19NO6. The molecule has 0 aliphatic carbocycles. The first-order chi connectivity index (χ1) is 11.0.